The number of allylic oxidation sites excluding steroid dienone is 5. The Morgan fingerprint density at radius 3 is 2.21 bits per heavy atom. The molecule has 0 saturated carbocycles. The first kappa shape index (κ1) is 17.9. The molecule has 0 aliphatic carbocycles. The Morgan fingerprint density at radius 1 is 1.11 bits per heavy atom. The zero-order chi connectivity index (χ0) is 14.8. The molecule has 0 saturated heterocycles. The summed E-state index contributed by atoms with van der Waals surface area (Å²) in [5.74, 6) is 0. The van der Waals surface area contributed by atoms with Crippen molar-refractivity contribution >= 4 is 17.8 Å². The molecule has 19 heavy (non-hydrogen) atoms. The quantitative estimate of drug-likeness (QED) is 0.353. The Labute approximate surface area is 123 Å². The number of unbranched alkanes of at least 4 members (excludes halogenated alkanes) is 1. The second-order valence-electron chi connectivity index (χ2n) is 4.92. The summed E-state index contributed by atoms with van der Waals surface area (Å²) in [6.07, 6.45) is 6.70. The van der Waals surface area contributed by atoms with Crippen molar-refractivity contribution in [1.82, 2.24) is 0 Å². The fourth-order valence-electron chi connectivity index (χ4n) is 1.62. The molecule has 0 aliphatic rings. The Balaban J connectivity index is 4.57. The molecule has 2 heteroatoms. The Hall–Kier alpha value is -1.08. The first-order valence-electron chi connectivity index (χ1n) is 6.79. The molecule has 0 aromatic heterocycles. The van der Waals surface area contributed by atoms with E-state index in [1.54, 1.807) is 6.21 Å². The van der Waals surface area contributed by atoms with E-state index in [2.05, 4.69) is 31.7 Å². The molecule has 0 N–H and O–H groups in total. The van der Waals surface area contributed by atoms with Gasteiger partial charge in [-0.05, 0) is 50.7 Å². The molecule has 1 nitrogen and oxygen atoms in total. The van der Waals surface area contributed by atoms with Crippen molar-refractivity contribution in [2.45, 2.75) is 52.9 Å². The van der Waals surface area contributed by atoms with Gasteiger partial charge >= 0.3 is 0 Å². The predicted octanol–water partition coefficient (Wildman–Crippen LogP) is 6.19. The summed E-state index contributed by atoms with van der Waals surface area (Å²) in [6.45, 7) is 17.8. The lowest BCUT2D eigenvalue weighted by molar-refractivity contribution is 0.796. The van der Waals surface area contributed by atoms with E-state index in [-0.39, 0.29) is 0 Å². The second-order valence-corrected chi connectivity index (χ2v) is 5.38. The van der Waals surface area contributed by atoms with E-state index in [1.165, 1.54) is 5.57 Å². The first-order valence-corrected chi connectivity index (χ1v) is 7.17. The van der Waals surface area contributed by atoms with Gasteiger partial charge in [0.1, 0.15) is 0 Å². The van der Waals surface area contributed by atoms with Gasteiger partial charge in [-0.2, -0.15) is 0 Å². The Morgan fingerprint density at radius 2 is 1.74 bits per heavy atom. The van der Waals surface area contributed by atoms with Gasteiger partial charge in [-0.1, -0.05) is 50.3 Å². The number of hydrogen-bond donors (Lipinski definition) is 0. The molecule has 0 atom stereocenters. The molecular weight excluding hydrogens is 254 g/mol. The van der Waals surface area contributed by atoms with Crippen LogP contribution in [0.15, 0.2) is 52.2 Å². The Bertz CT molecular complexity index is 399. The molecule has 0 aliphatic heterocycles. The van der Waals surface area contributed by atoms with Crippen LogP contribution in [0.2, 0.25) is 0 Å². The van der Waals surface area contributed by atoms with Crippen molar-refractivity contribution < 1.29 is 0 Å². The smallest absolute Gasteiger partial charge is 0.0301 e. The monoisotopic (exact) mass is 279 g/mol. The van der Waals surface area contributed by atoms with Gasteiger partial charge in [-0.3, -0.25) is 4.99 Å². The van der Waals surface area contributed by atoms with Crippen LogP contribution in [0.5, 0.6) is 0 Å². The van der Waals surface area contributed by atoms with Crippen molar-refractivity contribution in [3.05, 3.63) is 47.2 Å². The van der Waals surface area contributed by atoms with Crippen LogP contribution in [0.25, 0.3) is 0 Å². The molecule has 0 amide bonds. The third-order valence-corrected chi connectivity index (χ3v) is 3.17. The maximum atomic E-state index is 6.37. The van der Waals surface area contributed by atoms with Crippen molar-refractivity contribution in [3.63, 3.8) is 0 Å². The van der Waals surface area contributed by atoms with Gasteiger partial charge in [-0.15, -0.1) is 0 Å². The molecule has 0 aromatic rings. The number of hydrogen-bond acceptors (Lipinski definition) is 1. The molecule has 0 bridgehead atoms. The van der Waals surface area contributed by atoms with Crippen LogP contribution in [-0.4, -0.2) is 6.21 Å². The summed E-state index contributed by atoms with van der Waals surface area (Å²) < 4.78 is 0. The highest BCUT2D eigenvalue weighted by atomic mass is 35.5. The SMILES string of the molecule is C=C(/C=N\C(=C)C)CC/C(C(=C)C)=C(\Cl)CCCC. The van der Waals surface area contributed by atoms with E-state index in [4.69, 9.17) is 11.6 Å². The highest BCUT2D eigenvalue weighted by Gasteiger charge is 2.06. The van der Waals surface area contributed by atoms with Crippen molar-refractivity contribution in [2.24, 2.45) is 4.99 Å². The van der Waals surface area contributed by atoms with E-state index in [0.717, 1.165) is 54.0 Å². The van der Waals surface area contributed by atoms with Crippen LogP contribution < -0.4 is 0 Å². The molecule has 0 unspecified atom stereocenters. The Kier molecular flexibility index (Phi) is 9.24. The van der Waals surface area contributed by atoms with Gasteiger partial charge in [-0.25, -0.2) is 0 Å². The van der Waals surface area contributed by atoms with E-state index in [0.29, 0.717) is 0 Å². The lowest BCUT2D eigenvalue weighted by Gasteiger charge is -2.11. The van der Waals surface area contributed by atoms with Gasteiger partial charge in [0.05, 0.1) is 0 Å². The van der Waals surface area contributed by atoms with Crippen molar-refractivity contribution in [1.29, 1.82) is 0 Å². The molecule has 0 heterocycles. The first-order chi connectivity index (χ1) is 8.88. The van der Waals surface area contributed by atoms with Gasteiger partial charge in [0, 0.05) is 16.9 Å². The number of aliphatic imine (C=N–C) groups is 1. The highest BCUT2D eigenvalue weighted by molar-refractivity contribution is 6.30. The highest BCUT2D eigenvalue weighted by Crippen LogP contribution is 2.26. The molecule has 0 aromatic carbocycles. The summed E-state index contributed by atoms with van der Waals surface area (Å²) in [7, 11) is 0. The number of rotatable bonds is 9. The minimum atomic E-state index is 0.790. The lowest BCUT2D eigenvalue weighted by Crippen LogP contribution is -1.93. The second kappa shape index (κ2) is 9.80. The fraction of sp³-hybridized carbons (Fsp3) is 0.471. The molecular formula is C17H26ClN. The maximum Gasteiger partial charge on any atom is 0.0301 e. The largest absolute Gasteiger partial charge is 0.262 e. The van der Waals surface area contributed by atoms with Crippen molar-refractivity contribution in [2.75, 3.05) is 0 Å². The van der Waals surface area contributed by atoms with Gasteiger partial charge in [0.25, 0.3) is 0 Å². The molecule has 0 fully saturated rings. The third-order valence-electron chi connectivity index (χ3n) is 2.76. The van der Waals surface area contributed by atoms with Crippen LogP contribution in [-0.2, 0) is 0 Å². The van der Waals surface area contributed by atoms with Crippen LogP contribution in [0.1, 0.15) is 52.9 Å². The minimum Gasteiger partial charge on any atom is -0.262 e. The minimum absolute atomic E-state index is 0.790. The van der Waals surface area contributed by atoms with Gasteiger partial charge in [0.15, 0.2) is 0 Å². The standard InChI is InChI=1S/C17H26ClN/c1-7-8-9-17(18)16(13(2)3)11-10-15(6)12-19-14(4)5/h12H,2,4,6-11H2,1,3,5H3/b17-16+,19-12-. The van der Waals surface area contributed by atoms with Gasteiger partial charge in [0.2, 0.25) is 0 Å². The third kappa shape index (κ3) is 8.61. The summed E-state index contributed by atoms with van der Waals surface area (Å²) in [6, 6.07) is 0. The van der Waals surface area contributed by atoms with Gasteiger partial charge < -0.3 is 0 Å². The molecule has 0 spiro atoms. The topological polar surface area (TPSA) is 12.4 Å². The van der Waals surface area contributed by atoms with E-state index in [1.807, 2.05) is 13.8 Å². The normalized spacial score (nSPS) is 12.4. The fourth-order valence-corrected chi connectivity index (χ4v) is 2.00. The molecule has 0 rings (SSSR count). The van der Waals surface area contributed by atoms with Crippen LogP contribution >= 0.6 is 11.6 Å². The molecule has 0 radical (unpaired) electrons. The van der Waals surface area contributed by atoms with E-state index in [9.17, 15) is 0 Å². The predicted molar refractivity (Wildman–Crippen MR) is 88.9 cm³/mol. The summed E-state index contributed by atoms with van der Waals surface area (Å²) in [5.41, 5.74) is 3.99. The summed E-state index contributed by atoms with van der Waals surface area (Å²) >= 11 is 6.37. The average molecular weight is 280 g/mol. The zero-order valence-corrected chi connectivity index (χ0v) is 13.3. The maximum absolute atomic E-state index is 6.37. The number of nitrogens with zero attached hydrogens (tertiary/aromatic N) is 1. The number of halogens is 1. The van der Waals surface area contributed by atoms with Crippen LogP contribution in [0, 0.1) is 0 Å². The van der Waals surface area contributed by atoms with Crippen molar-refractivity contribution in [3.8, 4) is 0 Å². The summed E-state index contributed by atoms with van der Waals surface area (Å²) in [5, 5.41) is 0.944. The zero-order valence-electron chi connectivity index (χ0n) is 12.6. The lowest BCUT2D eigenvalue weighted by atomic mass is 9.99. The molecule has 106 valence electrons. The van der Waals surface area contributed by atoms with Crippen LogP contribution in [0.3, 0.4) is 0 Å². The van der Waals surface area contributed by atoms with E-state index >= 15 is 0 Å². The van der Waals surface area contributed by atoms with E-state index < -0.39 is 0 Å². The average Bonchev–Trinajstić information content (AvgIpc) is 2.33. The van der Waals surface area contributed by atoms with Crippen LogP contribution in [0.4, 0.5) is 0 Å². The summed E-state index contributed by atoms with van der Waals surface area (Å²) in [4.78, 5) is 4.15.